The van der Waals surface area contributed by atoms with E-state index in [-0.39, 0.29) is 16.7 Å². The highest BCUT2D eigenvalue weighted by molar-refractivity contribution is 5.70. The van der Waals surface area contributed by atoms with Crippen LogP contribution in [0.15, 0.2) is 18.2 Å². The molecular formula is C15H22N2O4. The molecule has 6 nitrogen and oxygen atoms in total. The van der Waals surface area contributed by atoms with Gasteiger partial charge < -0.3 is 14.4 Å². The van der Waals surface area contributed by atoms with Crippen LogP contribution >= 0.6 is 0 Å². The number of benzene rings is 1. The molecule has 2 unspecified atom stereocenters. The van der Waals surface area contributed by atoms with Crippen molar-refractivity contribution in [2.75, 3.05) is 31.7 Å². The third kappa shape index (κ3) is 3.26. The Labute approximate surface area is 124 Å². The third-order valence-corrected chi connectivity index (χ3v) is 3.99. The predicted octanol–water partition coefficient (Wildman–Crippen LogP) is 2.85. The first-order valence-electron chi connectivity index (χ1n) is 7.26. The number of hydrogen-bond donors (Lipinski definition) is 0. The molecule has 116 valence electrons. The summed E-state index contributed by atoms with van der Waals surface area (Å²) in [5.74, 6) is 0.785. The molecule has 1 fully saturated rings. The topological polar surface area (TPSA) is 64.8 Å². The molecular weight excluding hydrogens is 272 g/mol. The number of hydrogen-bond acceptors (Lipinski definition) is 5. The zero-order valence-corrected chi connectivity index (χ0v) is 12.7. The van der Waals surface area contributed by atoms with Crippen LogP contribution in [0, 0.1) is 16.0 Å². The van der Waals surface area contributed by atoms with Crippen LogP contribution in [0.1, 0.15) is 20.3 Å². The molecule has 1 aromatic rings. The van der Waals surface area contributed by atoms with Gasteiger partial charge in [0.1, 0.15) is 5.69 Å². The van der Waals surface area contributed by atoms with Gasteiger partial charge in [0.05, 0.1) is 17.6 Å². The number of nitrogens with zero attached hydrogens (tertiary/aromatic N) is 2. The lowest BCUT2D eigenvalue weighted by molar-refractivity contribution is -0.385. The molecule has 2 atom stereocenters. The maximum Gasteiger partial charge on any atom is 0.333 e. The van der Waals surface area contributed by atoms with Crippen LogP contribution in [0.4, 0.5) is 11.4 Å². The lowest BCUT2D eigenvalue weighted by atomic mass is 9.95. The molecule has 6 heteroatoms. The summed E-state index contributed by atoms with van der Waals surface area (Å²) < 4.78 is 10.9. The second kappa shape index (κ2) is 6.76. The monoisotopic (exact) mass is 294 g/mol. The summed E-state index contributed by atoms with van der Waals surface area (Å²) in [5, 5.41) is 11.4. The predicted molar refractivity (Wildman–Crippen MR) is 81.1 cm³/mol. The fourth-order valence-corrected chi connectivity index (χ4v) is 2.78. The van der Waals surface area contributed by atoms with Crippen LogP contribution < -0.4 is 9.64 Å². The number of piperidine rings is 1. The molecule has 1 aromatic carbocycles. The normalized spacial score (nSPS) is 22.1. The van der Waals surface area contributed by atoms with Crippen molar-refractivity contribution in [3.63, 3.8) is 0 Å². The molecule has 0 aromatic heterocycles. The quantitative estimate of drug-likeness (QED) is 0.617. The van der Waals surface area contributed by atoms with E-state index in [1.54, 1.807) is 25.3 Å². The zero-order chi connectivity index (χ0) is 15.4. The smallest absolute Gasteiger partial charge is 0.333 e. The van der Waals surface area contributed by atoms with Gasteiger partial charge in [-0.15, -0.1) is 0 Å². The van der Waals surface area contributed by atoms with Crippen molar-refractivity contribution in [1.29, 1.82) is 0 Å². The van der Waals surface area contributed by atoms with Crippen molar-refractivity contribution in [3.8, 4) is 5.75 Å². The largest absolute Gasteiger partial charge is 0.487 e. The van der Waals surface area contributed by atoms with Crippen molar-refractivity contribution in [1.82, 2.24) is 0 Å². The van der Waals surface area contributed by atoms with Gasteiger partial charge in [0.2, 0.25) is 0 Å². The fourth-order valence-electron chi connectivity index (χ4n) is 2.78. The van der Waals surface area contributed by atoms with Crippen molar-refractivity contribution in [3.05, 3.63) is 28.3 Å². The summed E-state index contributed by atoms with van der Waals surface area (Å²) in [4.78, 5) is 13.1. The number of nitro benzene ring substituents is 1. The van der Waals surface area contributed by atoms with Crippen molar-refractivity contribution in [2.24, 2.45) is 5.92 Å². The van der Waals surface area contributed by atoms with Crippen molar-refractivity contribution in [2.45, 2.75) is 26.4 Å². The molecule has 21 heavy (non-hydrogen) atoms. The number of methoxy groups -OCH3 is 1. The van der Waals surface area contributed by atoms with E-state index in [0.717, 1.165) is 13.0 Å². The highest BCUT2D eigenvalue weighted by Gasteiger charge is 2.31. The minimum atomic E-state index is -0.361. The van der Waals surface area contributed by atoms with Gasteiger partial charge in [0, 0.05) is 20.2 Å². The summed E-state index contributed by atoms with van der Waals surface area (Å²) in [6.45, 7) is 5.82. The molecule has 0 saturated carbocycles. The van der Waals surface area contributed by atoms with E-state index in [4.69, 9.17) is 9.47 Å². The number of nitro groups is 1. The van der Waals surface area contributed by atoms with Gasteiger partial charge >= 0.3 is 5.69 Å². The first-order chi connectivity index (χ1) is 10.1. The lowest BCUT2D eigenvalue weighted by Crippen LogP contribution is -2.44. The van der Waals surface area contributed by atoms with Crippen LogP contribution in [-0.2, 0) is 4.74 Å². The van der Waals surface area contributed by atoms with Gasteiger partial charge in [0.15, 0.2) is 5.75 Å². The van der Waals surface area contributed by atoms with Crippen LogP contribution in [0.25, 0.3) is 0 Å². The molecule has 1 aliphatic heterocycles. The Morgan fingerprint density at radius 2 is 2.24 bits per heavy atom. The number of ether oxygens (including phenoxy) is 2. The van der Waals surface area contributed by atoms with Gasteiger partial charge in [-0.05, 0) is 31.4 Å². The van der Waals surface area contributed by atoms with Crippen molar-refractivity contribution < 1.29 is 14.4 Å². The average Bonchev–Trinajstić information content (AvgIpc) is 2.47. The molecule has 0 aliphatic carbocycles. The number of anilines is 1. The summed E-state index contributed by atoms with van der Waals surface area (Å²) >= 11 is 0. The SMILES string of the molecule is CCOc1cccc(N2CCC(C)C(OC)C2)c1[N+](=O)[O-]. The minimum Gasteiger partial charge on any atom is -0.487 e. The lowest BCUT2D eigenvalue weighted by Gasteiger charge is -2.37. The van der Waals surface area contributed by atoms with Gasteiger partial charge in [-0.2, -0.15) is 0 Å². The van der Waals surface area contributed by atoms with E-state index in [9.17, 15) is 10.1 Å². The van der Waals surface area contributed by atoms with Gasteiger partial charge in [-0.1, -0.05) is 13.0 Å². The summed E-state index contributed by atoms with van der Waals surface area (Å²) in [5.41, 5.74) is 0.656. The van der Waals surface area contributed by atoms with Gasteiger partial charge in [-0.25, -0.2) is 0 Å². The van der Waals surface area contributed by atoms with E-state index in [2.05, 4.69) is 6.92 Å². The Hall–Kier alpha value is -1.82. The third-order valence-electron chi connectivity index (χ3n) is 3.99. The van der Waals surface area contributed by atoms with Crippen molar-refractivity contribution >= 4 is 11.4 Å². The Morgan fingerprint density at radius 3 is 2.86 bits per heavy atom. The van der Waals surface area contributed by atoms with Gasteiger partial charge in [0.25, 0.3) is 0 Å². The first kappa shape index (κ1) is 15.6. The van der Waals surface area contributed by atoms with Gasteiger partial charge in [-0.3, -0.25) is 10.1 Å². The Balaban J connectivity index is 2.34. The Morgan fingerprint density at radius 1 is 1.48 bits per heavy atom. The maximum atomic E-state index is 11.4. The zero-order valence-electron chi connectivity index (χ0n) is 12.7. The van der Waals surface area contributed by atoms with E-state index < -0.39 is 0 Å². The molecule has 0 spiro atoms. The molecule has 0 amide bonds. The molecule has 1 aliphatic rings. The summed E-state index contributed by atoms with van der Waals surface area (Å²) in [6.07, 6.45) is 1.04. The standard InChI is InChI=1S/C15H22N2O4/c1-4-21-13-7-5-6-12(15(13)17(18)19)16-9-8-11(2)14(10-16)20-3/h5-7,11,14H,4,8-10H2,1-3H3. The molecule has 0 radical (unpaired) electrons. The van der Waals surface area contributed by atoms with Crippen LogP contribution in [0.5, 0.6) is 5.75 Å². The number of rotatable bonds is 5. The highest BCUT2D eigenvalue weighted by atomic mass is 16.6. The highest BCUT2D eigenvalue weighted by Crippen LogP contribution is 2.38. The maximum absolute atomic E-state index is 11.4. The van der Waals surface area contributed by atoms with E-state index in [1.807, 2.05) is 11.8 Å². The molecule has 0 bridgehead atoms. The summed E-state index contributed by atoms with van der Waals surface area (Å²) in [7, 11) is 1.69. The molecule has 0 N–H and O–H groups in total. The molecule has 1 saturated heterocycles. The molecule has 1 heterocycles. The van der Waals surface area contributed by atoms with E-state index >= 15 is 0 Å². The first-order valence-corrected chi connectivity index (χ1v) is 7.26. The second-order valence-electron chi connectivity index (χ2n) is 5.30. The van der Waals surface area contributed by atoms with E-state index in [1.165, 1.54) is 0 Å². The molecule has 2 rings (SSSR count). The van der Waals surface area contributed by atoms with Crippen LogP contribution in [0.2, 0.25) is 0 Å². The Bertz CT molecular complexity index is 506. The fraction of sp³-hybridized carbons (Fsp3) is 0.600. The number of para-hydroxylation sites is 1. The van der Waals surface area contributed by atoms with Crippen LogP contribution in [0.3, 0.4) is 0 Å². The summed E-state index contributed by atoms with van der Waals surface area (Å²) in [6, 6.07) is 5.22. The minimum absolute atomic E-state index is 0.0451. The van der Waals surface area contributed by atoms with Crippen LogP contribution in [-0.4, -0.2) is 37.8 Å². The van der Waals surface area contributed by atoms with E-state index in [0.29, 0.717) is 30.5 Å². The average molecular weight is 294 g/mol. The Kier molecular flexibility index (Phi) is 5.01. The second-order valence-corrected chi connectivity index (χ2v) is 5.30.